The van der Waals surface area contributed by atoms with Crippen LogP contribution in [-0.4, -0.2) is 23.7 Å². The van der Waals surface area contributed by atoms with Gasteiger partial charge in [-0.05, 0) is 6.92 Å². The SMILES string of the molecule is CC(C)(C)C1(F)OC(C)(C(F)(F)F)OC1(F)C(C)(C)C. The van der Waals surface area contributed by atoms with Crippen LogP contribution in [0.15, 0.2) is 0 Å². The van der Waals surface area contributed by atoms with Crippen LogP contribution < -0.4 is 0 Å². The van der Waals surface area contributed by atoms with Gasteiger partial charge in [0.1, 0.15) is 0 Å². The zero-order valence-electron chi connectivity index (χ0n) is 12.7. The maximum absolute atomic E-state index is 15.2. The van der Waals surface area contributed by atoms with Crippen molar-refractivity contribution < 1.29 is 31.4 Å². The van der Waals surface area contributed by atoms with Crippen LogP contribution in [0.2, 0.25) is 0 Å². The van der Waals surface area contributed by atoms with Crippen molar-refractivity contribution in [2.75, 3.05) is 0 Å². The van der Waals surface area contributed by atoms with Crippen LogP contribution in [0.1, 0.15) is 48.5 Å². The smallest absolute Gasteiger partial charge is 0.300 e. The summed E-state index contributed by atoms with van der Waals surface area (Å²) in [6, 6.07) is 0. The van der Waals surface area contributed by atoms with Crippen LogP contribution in [0, 0.1) is 10.8 Å². The first-order valence-electron chi connectivity index (χ1n) is 6.26. The first-order chi connectivity index (χ1) is 8.41. The Morgan fingerprint density at radius 1 is 0.700 bits per heavy atom. The van der Waals surface area contributed by atoms with E-state index in [-0.39, 0.29) is 0 Å². The summed E-state index contributed by atoms with van der Waals surface area (Å²) < 4.78 is 78.4. The average Bonchev–Trinajstić information content (AvgIpc) is 2.33. The fourth-order valence-corrected chi connectivity index (χ4v) is 2.08. The quantitative estimate of drug-likeness (QED) is 0.602. The number of hydrogen-bond donors (Lipinski definition) is 0. The lowest BCUT2D eigenvalue weighted by Gasteiger charge is -2.45. The molecule has 1 saturated heterocycles. The molecule has 0 aromatic rings. The molecular weight excluding hydrogens is 283 g/mol. The van der Waals surface area contributed by atoms with E-state index < -0.39 is 34.5 Å². The Hall–Kier alpha value is -0.430. The highest BCUT2D eigenvalue weighted by Gasteiger charge is 2.80. The van der Waals surface area contributed by atoms with Crippen molar-refractivity contribution in [2.45, 2.75) is 72.1 Å². The molecule has 0 bridgehead atoms. The highest BCUT2D eigenvalue weighted by molar-refractivity contribution is 5.08. The Labute approximate surface area is 115 Å². The summed E-state index contributed by atoms with van der Waals surface area (Å²) in [7, 11) is 0. The van der Waals surface area contributed by atoms with Gasteiger partial charge < -0.3 is 0 Å². The standard InChI is InChI=1S/C13H21F5O2/c1-8(2,3)11(14)12(15,9(4,5)6)20-10(7,19-11)13(16,17)18/h1-7H3. The van der Waals surface area contributed by atoms with Crippen molar-refractivity contribution in [2.24, 2.45) is 10.8 Å². The molecule has 2 unspecified atom stereocenters. The molecule has 0 radical (unpaired) electrons. The van der Waals surface area contributed by atoms with Crippen molar-refractivity contribution >= 4 is 0 Å². The summed E-state index contributed by atoms with van der Waals surface area (Å²) in [5, 5.41) is 0. The summed E-state index contributed by atoms with van der Waals surface area (Å²) in [5.41, 5.74) is -3.12. The van der Waals surface area contributed by atoms with E-state index in [0.717, 1.165) is 0 Å². The predicted molar refractivity (Wildman–Crippen MR) is 63.2 cm³/mol. The van der Waals surface area contributed by atoms with E-state index in [9.17, 15) is 13.2 Å². The molecule has 0 amide bonds. The minimum Gasteiger partial charge on any atom is -0.300 e. The fraction of sp³-hybridized carbons (Fsp3) is 1.00. The summed E-state index contributed by atoms with van der Waals surface area (Å²) in [5.74, 6) is -9.83. The molecule has 2 atom stereocenters. The number of rotatable bonds is 0. The zero-order chi connectivity index (χ0) is 16.4. The van der Waals surface area contributed by atoms with Crippen LogP contribution in [0.4, 0.5) is 22.0 Å². The van der Waals surface area contributed by atoms with Gasteiger partial charge in [0.25, 0.3) is 17.5 Å². The molecule has 20 heavy (non-hydrogen) atoms. The molecule has 1 aliphatic heterocycles. The Balaban J connectivity index is 3.51. The second-order valence-corrected chi connectivity index (χ2v) is 7.34. The molecule has 0 aromatic heterocycles. The Morgan fingerprint density at radius 3 is 1.10 bits per heavy atom. The molecule has 0 aliphatic carbocycles. The Bertz CT molecular complexity index is 365. The van der Waals surface area contributed by atoms with Crippen LogP contribution in [0.3, 0.4) is 0 Å². The second-order valence-electron chi connectivity index (χ2n) is 7.34. The van der Waals surface area contributed by atoms with Crippen LogP contribution in [0.25, 0.3) is 0 Å². The summed E-state index contributed by atoms with van der Waals surface area (Å²) in [4.78, 5) is 0. The molecule has 0 saturated carbocycles. The highest BCUT2D eigenvalue weighted by Crippen LogP contribution is 2.63. The van der Waals surface area contributed by atoms with Gasteiger partial charge in [0.2, 0.25) is 0 Å². The van der Waals surface area contributed by atoms with Gasteiger partial charge in [0, 0.05) is 10.8 Å². The van der Waals surface area contributed by atoms with Crippen molar-refractivity contribution in [3.8, 4) is 0 Å². The summed E-state index contributed by atoms with van der Waals surface area (Å²) >= 11 is 0. The molecule has 1 heterocycles. The third-order valence-electron chi connectivity index (χ3n) is 3.53. The third-order valence-corrected chi connectivity index (χ3v) is 3.53. The van der Waals surface area contributed by atoms with E-state index in [4.69, 9.17) is 0 Å². The normalized spacial score (nSPS) is 40.2. The van der Waals surface area contributed by atoms with E-state index >= 15 is 8.78 Å². The predicted octanol–water partition coefficient (Wildman–Crippen LogP) is 4.74. The van der Waals surface area contributed by atoms with Crippen LogP contribution in [0.5, 0.6) is 0 Å². The number of hydrogen-bond acceptors (Lipinski definition) is 2. The largest absolute Gasteiger partial charge is 0.443 e. The van der Waals surface area contributed by atoms with Gasteiger partial charge in [0.15, 0.2) is 0 Å². The second kappa shape index (κ2) is 4.06. The van der Waals surface area contributed by atoms with Crippen molar-refractivity contribution in [1.82, 2.24) is 0 Å². The summed E-state index contributed by atoms with van der Waals surface area (Å²) in [6.07, 6.45) is -5.06. The molecule has 120 valence electrons. The van der Waals surface area contributed by atoms with E-state index in [2.05, 4.69) is 9.47 Å². The number of ether oxygens (including phenoxy) is 2. The molecule has 7 heteroatoms. The maximum Gasteiger partial charge on any atom is 0.443 e. The van der Waals surface area contributed by atoms with E-state index in [1.165, 1.54) is 41.5 Å². The lowest BCUT2D eigenvalue weighted by molar-refractivity contribution is -0.367. The van der Waals surface area contributed by atoms with Crippen molar-refractivity contribution in [3.63, 3.8) is 0 Å². The first-order valence-corrected chi connectivity index (χ1v) is 6.26. The van der Waals surface area contributed by atoms with E-state index in [0.29, 0.717) is 6.92 Å². The minimum atomic E-state index is -5.06. The first kappa shape index (κ1) is 17.6. The Kier molecular flexibility index (Phi) is 3.58. The monoisotopic (exact) mass is 304 g/mol. The average molecular weight is 304 g/mol. The Morgan fingerprint density at radius 2 is 0.950 bits per heavy atom. The van der Waals surface area contributed by atoms with E-state index in [1.807, 2.05) is 0 Å². The van der Waals surface area contributed by atoms with Gasteiger partial charge in [0.05, 0.1) is 0 Å². The van der Waals surface area contributed by atoms with Gasteiger partial charge in [-0.3, -0.25) is 9.47 Å². The molecule has 0 N–H and O–H groups in total. The molecular formula is C13H21F5O2. The molecule has 0 aromatic carbocycles. The third kappa shape index (κ3) is 2.13. The summed E-state index contributed by atoms with van der Waals surface area (Å²) in [6.45, 7) is 8.06. The van der Waals surface area contributed by atoms with Gasteiger partial charge in [-0.2, -0.15) is 13.2 Å². The number of halogens is 5. The highest BCUT2D eigenvalue weighted by atomic mass is 19.4. The van der Waals surface area contributed by atoms with Crippen LogP contribution in [-0.2, 0) is 9.47 Å². The van der Waals surface area contributed by atoms with Crippen molar-refractivity contribution in [1.29, 1.82) is 0 Å². The lowest BCUT2D eigenvalue weighted by Crippen LogP contribution is -2.60. The maximum atomic E-state index is 15.2. The number of alkyl halides is 5. The molecule has 2 nitrogen and oxygen atoms in total. The fourth-order valence-electron chi connectivity index (χ4n) is 2.08. The van der Waals surface area contributed by atoms with Gasteiger partial charge in [-0.15, -0.1) is 0 Å². The van der Waals surface area contributed by atoms with Gasteiger partial charge in [-0.25, -0.2) is 8.78 Å². The molecule has 1 rings (SSSR count). The minimum absolute atomic E-state index is 0.486. The molecule has 1 aliphatic rings. The lowest BCUT2D eigenvalue weighted by atomic mass is 9.72. The molecule has 1 fully saturated rings. The van der Waals surface area contributed by atoms with Gasteiger partial charge >= 0.3 is 6.18 Å². The van der Waals surface area contributed by atoms with Gasteiger partial charge in [-0.1, -0.05) is 41.5 Å². The van der Waals surface area contributed by atoms with E-state index in [1.54, 1.807) is 0 Å². The molecule has 0 spiro atoms. The topological polar surface area (TPSA) is 18.5 Å². The zero-order valence-corrected chi connectivity index (χ0v) is 12.7. The van der Waals surface area contributed by atoms with Crippen LogP contribution >= 0.6 is 0 Å². The van der Waals surface area contributed by atoms with Crippen molar-refractivity contribution in [3.05, 3.63) is 0 Å².